The van der Waals surface area contributed by atoms with E-state index in [-0.39, 0.29) is 11.2 Å². The first-order chi connectivity index (χ1) is 9.36. The summed E-state index contributed by atoms with van der Waals surface area (Å²) in [6.45, 7) is 7.03. The average molecular weight is 297 g/mol. The molecule has 2 rings (SSSR count). The van der Waals surface area contributed by atoms with Crippen LogP contribution in [0.5, 0.6) is 0 Å². The number of benzene rings is 1. The average Bonchev–Trinajstić information content (AvgIpc) is 2.40. The fourth-order valence-electron chi connectivity index (χ4n) is 3.36. The summed E-state index contributed by atoms with van der Waals surface area (Å²) in [5.74, 6) is 1.26. The van der Waals surface area contributed by atoms with Crippen LogP contribution < -0.4 is 0 Å². The predicted octanol–water partition coefficient (Wildman–Crippen LogP) is 5.83. The third-order valence-corrected chi connectivity index (χ3v) is 5.36. The predicted molar refractivity (Wildman–Crippen MR) is 84.6 cm³/mol. The Morgan fingerprint density at radius 1 is 1.10 bits per heavy atom. The van der Waals surface area contributed by atoms with Gasteiger partial charge in [-0.1, -0.05) is 32.9 Å². The van der Waals surface area contributed by atoms with Crippen LogP contribution in [0.2, 0.25) is 0 Å². The Balaban J connectivity index is 1.85. The van der Waals surface area contributed by atoms with E-state index in [0.717, 1.165) is 17.9 Å². The Morgan fingerprint density at radius 2 is 1.65 bits per heavy atom. The Morgan fingerprint density at radius 3 is 2.15 bits per heavy atom. The number of rotatable bonds is 3. The van der Waals surface area contributed by atoms with E-state index in [1.165, 1.54) is 37.8 Å². The minimum atomic E-state index is -0.175. The number of hydrogen-bond acceptors (Lipinski definition) is 0. The van der Waals surface area contributed by atoms with Crippen LogP contribution in [0.15, 0.2) is 24.3 Å². The van der Waals surface area contributed by atoms with Gasteiger partial charge in [0.2, 0.25) is 0 Å². The highest BCUT2D eigenvalue weighted by Gasteiger charge is 2.32. The third kappa shape index (κ3) is 4.22. The molecule has 0 spiro atoms. The number of halogens is 2. The Labute approximate surface area is 127 Å². The Bertz CT molecular complexity index is 410. The summed E-state index contributed by atoms with van der Waals surface area (Å²) in [5, 5.41) is 0.182. The van der Waals surface area contributed by atoms with Crippen LogP contribution in [-0.2, 0) is 6.42 Å². The zero-order valence-corrected chi connectivity index (χ0v) is 13.6. The molecule has 1 unspecified atom stereocenters. The van der Waals surface area contributed by atoms with Crippen molar-refractivity contribution in [3.05, 3.63) is 35.6 Å². The van der Waals surface area contributed by atoms with Gasteiger partial charge in [-0.2, -0.15) is 0 Å². The SMILES string of the molecule is CC(C)(C)C1CCC(C(Cl)Cc2ccc(F)cc2)CC1. The highest BCUT2D eigenvalue weighted by Crippen LogP contribution is 2.41. The molecule has 1 fully saturated rings. The standard InChI is InChI=1S/C18H26ClF/c1-18(2,3)15-8-6-14(7-9-15)17(19)12-13-4-10-16(20)11-5-13/h4-5,10-11,14-15,17H,6-9,12H2,1-3H3. The van der Waals surface area contributed by atoms with Gasteiger partial charge < -0.3 is 0 Å². The normalized spacial score (nSPS) is 25.4. The van der Waals surface area contributed by atoms with Gasteiger partial charge in [-0.05, 0) is 67.1 Å². The van der Waals surface area contributed by atoms with E-state index in [1.54, 1.807) is 0 Å². The molecule has 1 aromatic rings. The maximum absolute atomic E-state index is 12.9. The summed E-state index contributed by atoms with van der Waals surface area (Å²) >= 11 is 6.60. The number of hydrogen-bond donors (Lipinski definition) is 0. The molecule has 0 aromatic heterocycles. The molecular formula is C18H26ClF. The zero-order chi connectivity index (χ0) is 14.8. The van der Waals surface area contributed by atoms with Crippen molar-refractivity contribution >= 4 is 11.6 Å². The zero-order valence-electron chi connectivity index (χ0n) is 12.8. The minimum Gasteiger partial charge on any atom is -0.207 e. The van der Waals surface area contributed by atoms with E-state index < -0.39 is 0 Å². The fraction of sp³-hybridized carbons (Fsp3) is 0.667. The van der Waals surface area contributed by atoms with Crippen molar-refractivity contribution in [2.45, 2.75) is 58.3 Å². The lowest BCUT2D eigenvalue weighted by Gasteiger charge is -2.38. The van der Waals surface area contributed by atoms with Crippen LogP contribution in [0.4, 0.5) is 4.39 Å². The summed E-state index contributed by atoms with van der Waals surface area (Å²) in [7, 11) is 0. The quantitative estimate of drug-likeness (QED) is 0.616. The van der Waals surface area contributed by atoms with E-state index >= 15 is 0 Å². The molecule has 20 heavy (non-hydrogen) atoms. The molecule has 112 valence electrons. The molecule has 0 amide bonds. The lowest BCUT2D eigenvalue weighted by atomic mass is 9.69. The van der Waals surface area contributed by atoms with Gasteiger partial charge in [0.15, 0.2) is 0 Å². The first-order valence-corrected chi connectivity index (χ1v) is 8.18. The van der Waals surface area contributed by atoms with Crippen LogP contribution in [0.1, 0.15) is 52.0 Å². The molecule has 0 radical (unpaired) electrons. The largest absolute Gasteiger partial charge is 0.207 e. The van der Waals surface area contributed by atoms with E-state index in [0.29, 0.717) is 11.3 Å². The van der Waals surface area contributed by atoms with Gasteiger partial charge in [-0.25, -0.2) is 4.39 Å². The smallest absolute Gasteiger partial charge is 0.123 e. The highest BCUT2D eigenvalue weighted by molar-refractivity contribution is 6.20. The molecule has 1 atom stereocenters. The molecule has 0 nitrogen and oxygen atoms in total. The van der Waals surface area contributed by atoms with E-state index in [9.17, 15) is 4.39 Å². The lowest BCUT2D eigenvalue weighted by molar-refractivity contribution is 0.148. The first-order valence-electron chi connectivity index (χ1n) is 7.75. The second kappa shape index (κ2) is 6.47. The monoisotopic (exact) mass is 296 g/mol. The van der Waals surface area contributed by atoms with Gasteiger partial charge in [0.1, 0.15) is 5.82 Å². The van der Waals surface area contributed by atoms with Crippen LogP contribution in [-0.4, -0.2) is 5.38 Å². The molecule has 1 saturated carbocycles. The van der Waals surface area contributed by atoms with Crippen LogP contribution in [0, 0.1) is 23.1 Å². The van der Waals surface area contributed by atoms with Gasteiger partial charge in [-0.3, -0.25) is 0 Å². The minimum absolute atomic E-state index is 0.175. The van der Waals surface area contributed by atoms with Gasteiger partial charge in [0.05, 0.1) is 0 Å². The molecule has 1 aliphatic rings. The molecule has 0 heterocycles. The molecule has 1 aliphatic carbocycles. The van der Waals surface area contributed by atoms with E-state index in [4.69, 9.17) is 11.6 Å². The van der Waals surface area contributed by atoms with Gasteiger partial charge in [0, 0.05) is 5.38 Å². The lowest BCUT2D eigenvalue weighted by Crippen LogP contribution is -2.29. The van der Waals surface area contributed by atoms with E-state index in [1.807, 2.05) is 12.1 Å². The van der Waals surface area contributed by atoms with Crippen molar-refractivity contribution < 1.29 is 4.39 Å². The second-order valence-corrected chi connectivity index (χ2v) is 7.88. The summed E-state index contributed by atoms with van der Waals surface area (Å²) < 4.78 is 12.9. The second-order valence-electron chi connectivity index (χ2n) is 7.32. The van der Waals surface area contributed by atoms with Gasteiger partial charge >= 0.3 is 0 Å². The maximum atomic E-state index is 12.9. The Kier molecular flexibility index (Phi) is 5.12. The molecule has 2 heteroatoms. The topological polar surface area (TPSA) is 0 Å². The molecule has 0 bridgehead atoms. The molecular weight excluding hydrogens is 271 g/mol. The summed E-state index contributed by atoms with van der Waals surface area (Å²) in [4.78, 5) is 0. The number of alkyl halides is 1. The van der Waals surface area contributed by atoms with Crippen LogP contribution in [0.3, 0.4) is 0 Å². The molecule has 1 aromatic carbocycles. The highest BCUT2D eigenvalue weighted by atomic mass is 35.5. The van der Waals surface area contributed by atoms with Crippen molar-refractivity contribution in [2.75, 3.05) is 0 Å². The first kappa shape index (κ1) is 15.8. The van der Waals surface area contributed by atoms with Crippen molar-refractivity contribution in [2.24, 2.45) is 17.3 Å². The summed E-state index contributed by atoms with van der Waals surface area (Å²) in [6, 6.07) is 6.75. The van der Waals surface area contributed by atoms with Crippen molar-refractivity contribution in [3.8, 4) is 0 Å². The molecule has 0 N–H and O–H groups in total. The van der Waals surface area contributed by atoms with Crippen molar-refractivity contribution in [3.63, 3.8) is 0 Å². The van der Waals surface area contributed by atoms with Crippen molar-refractivity contribution in [1.82, 2.24) is 0 Å². The van der Waals surface area contributed by atoms with Crippen LogP contribution >= 0.6 is 11.6 Å². The maximum Gasteiger partial charge on any atom is 0.123 e. The fourth-order valence-corrected chi connectivity index (χ4v) is 3.79. The summed E-state index contributed by atoms with van der Waals surface area (Å²) in [5.41, 5.74) is 1.56. The van der Waals surface area contributed by atoms with Crippen molar-refractivity contribution in [1.29, 1.82) is 0 Å². The summed E-state index contributed by atoms with van der Waals surface area (Å²) in [6.07, 6.45) is 5.91. The van der Waals surface area contributed by atoms with E-state index in [2.05, 4.69) is 20.8 Å². The molecule has 0 aliphatic heterocycles. The Hall–Kier alpha value is -0.560. The van der Waals surface area contributed by atoms with Gasteiger partial charge in [-0.15, -0.1) is 11.6 Å². The third-order valence-electron chi connectivity index (χ3n) is 4.85. The molecule has 0 saturated heterocycles. The van der Waals surface area contributed by atoms with Gasteiger partial charge in [0.25, 0.3) is 0 Å². The van der Waals surface area contributed by atoms with Crippen LogP contribution in [0.25, 0.3) is 0 Å².